The summed E-state index contributed by atoms with van der Waals surface area (Å²) in [6.45, 7) is 2.75. The average molecular weight is 438 g/mol. The molecule has 1 aliphatic rings. The zero-order chi connectivity index (χ0) is 18.7. The summed E-state index contributed by atoms with van der Waals surface area (Å²) in [6, 6.07) is 13.0. The van der Waals surface area contributed by atoms with Gasteiger partial charge in [0.05, 0.1) is 23.3 Å². The minimum atomic E-state index is -0.274. The molecule has 2 aromatic carbocycles. The summed E-state index contributed by atoms with van der Waals surface area (Å²) in [6.07, 6.45) is -0.274. The van der Waals surface area contributed by atoms with Crippen LogP contribution >= 0.6 is 27.5 Å². The summed E-state index contributed by atoms with van der Waals surface area (Å²) in [5, 5.41) is 19.1. The first-order valence-electron chi connectivity index (χ1n) is 7.86. The number of benzene rings is 2. The molecule has 0 aliphatic carbocycles. The van der Waals surface area contributed by atoms with Gasteiger partial charge in [0.1, 0.15) is 13.0 Å². The van der Waals surface area contributed by atoms with Crippen LogP contribution in [0.25, 0.3) is 0 Å². The van der Waals surface area contributed by atoms with Gasteiger partial charge in [-0.25, -0.2) is 0 Å². The van der Waals surface area contributed by atoms with Gasteiger partial charge in [0, 0.05) is 10.2 Å². The molecule has 136 valence electrons. The summed E-state index contributed by atoms with van der Waals surface area (Å²) < 4.78 is 0.899. The van der Waals surface area contributed by atoms with Crippen molar-refractivity contribution in [2.45, 2.75) is 13.2 Å². The predicted octanol–water partition coefficient (Wildman–Crippen LogP) is 2.97. The van der Waals surface area contributed by atoms with Crippen LogP contribution in [0.3, 0.4) is 0 Å². The minimum absolute atomic E-state index is 0.274. The lowest BCUT2D eigenvalue weighted by Crippen LogP contribution is -2.65. The molecule has 0 amide bonds. The predicted molar refractivity (Wildman–Crippen MR) is 104 cm³/mol. The first kappa shape index (κ1) is 18.9. The number of hydroxylamine groups is 2. The first-order chi connectivity index (χ1) is 12.5. The van der Waals surface area contributed by atoms with Gasteiger partial charge in [0.15, 0.2) is 5.75 Å². The number of hydrazine groups is 1. The lowest BCUT2D eigenvalue weighted by molar-refractivity contribution is -0.141. The molecule has 1 unspecified atom stereocenters. The third-order valence-electron chi connectivity index (χ3n) is 3.85. The Hall–Kier alpha value is -1.86. The van der Waals surface area contributed by atoms with Crippen LogP contribution in [0, 0.1) is 18.3 Å². The Morgan fingerprint density at radius 3 is 2.73 bits per heavy atom. The van der Waals surface area contributed by atoms with E-state index in [2.05, 4.69) is 32.6 Å². The minimum Gasteiger partial charge on any atom is -0.402 e. The summed E-state index contributed by atoms with van der Waals surface area (Å²) in [5.74, 6) is 6.72. The largest absolute Gasteiger partial charge is 0.402 e. The van der Waals surface area contributed by atoms with Crippen LogP contribution in [0.2, 0.25) is 5.02 Å². The van der Waals surface area contributed by atoms with Crippen LogP contribution in [0.5, 0.6) is 5.75 Å². The summed E-state index contributed by atoms with van der Waals surface area (Å²) in [7, 11) is 0. The van der Waals surface area contributed by atoms with Gasteiger partial charge in [-0.3, -0.25) is 11.2 Å². The fourth-order valence-electron chi connectivity index (χ4n) is 2.55. The summed E-state index contributed by atoms with van der Waals surface area (Å²) >= 11 is 9.68. The second-order valence-corrected chi connectivity index (χ2v) is 7.18. The Kier molecular flexibility index (Phi) is 5.98. The number of rotatable bonds is 4. The Morgan fingerprint density at radius 1 is 1.38 bits per heavy atom. The van der Waals surface area contributed by atoms with Gasteiger partial charge in [-0.2, -0.15) is 10.3 Å². The highest BCUT2D eigenvalue weighted by Crippen LogP contribution is 2.32. The molecule has 0 aromatic heterocycles. The van der Waals surface area contributed by atoms with Crippen molar-refractivity contribution in [2.75, 3.05) is 18.7 Å². The smallest absolute Gasteiger partial charge is 0.169 e. The second-order valence-electron chi connectivity index (χ2n) is 5.86. The fourth-order valence-corrected chi connectivity index (χ4v) is 3.55. The van der Waals surface area contributed by atoms with E-state index in [9.17, 15) is 0 Å². The van der Waals surface area contributed by atoms with Crippen molar-refractivity contribution in [1.82, 2.24) is 15.4 Å². The lowest BCUT2D eigenvalue weighted by atomic mass is 10.2. The topological polar surface area (TPSA) is 89.6 Å². The van der Waals surface area contributed by atoms with Crippen LogP contribution in [-0.4, -0.2) is 29.7 Å². The maximum absolute atomic E-state index is 8.85. The van der Waals surface area contributed by atoms with Crippen LogP contribution < -0.4 is 21.3 Å². The number of anilines is 1. The standard InChI is InChI=1S/C17H18BrClN6O/c1-11-6-13(18)7-15(19)16(11)26-24-9-22-17(25(21)10-24)23-14-4-2-12(8-20)3-5-14/h2-7,17,22-23H,9-10,21H2,1H3. The summed E-state index contributed by atoms with van der Waals surface area (Å²) in [5.41, 5.74) is 2.39. The molecular weight excluding hydrogens is 420 g/mol. The highest BCUT2D eigenvalue weighted by atomic mass is 79.9. The molecule has 3 rings (SSSR count). The van der Waals surface area contributed by atoms with Crippen molar-refractivity contribution in [3.63, 3.8) is 0 Å². The third-order valence-corrected chi connectivity index (χ3v) is 4.58. The molecule has 4 N–H and O–H groups in total. The SMILES string of the molecule is Cc1cc(Br)cc(Cl)c1ON1CNC(Nc2ccc(C#N)cc2)N(N)C1. The number of nitrogens with one attached hydrogen (secondary N) is 2. The average Bonchev–Trinajstić information content (AvgIpc) is 2.61. The summed E-state index contributed by atoms with van der Waals surface area (Å²) in [4.78, 5) is 5.90. The maximum atomic E-state index is 8.85. The molecule has 9 heteroatoms. The van der Waals surface area contributed by atoms with Crippen LogP contribution in [0.1, 0.15) is 11.1 Å². The van der Waals surface area contributed by atoms with Crippen LogP contribution in [-0.2, 0) is 0 Å². The Balaban J connectivity index is 1.60. The van der Waals surface area contributed by atoms with E-state index in [1.54, 1.807) is 28.3 Å². The molecule has 7 nitrogen and oxygen atoms in total. The van der Waals surface area contributed by atoms with Gasteiger partial charge in [-0.1, -0.05) is 27.5 Å². The number of nitrogens with two attached hydrogens (primary N) is 1. The third kappa shape index (κ3) is 4.45. The molecule has 1 heterocycles. The maximum Gasteiger partial charge on any atom is 0.169 e. The molecule has 1 saturated heterocycles. The number of halogens is 2. The van der Waals surface area contributed by atoms with E-state index >= 15 is 0 Å². The van der Waals surface area contributed by atoms with E-state index in [0.29, 0.717) is 29.7 Å². The highest BCUT2D eigenvalue weighted by Gasteiger charge is 2.26. The van der Waals surface area contributed by atoms with E-state index in [1.165, 1.54) is 0 Å². The molecule has 1 atom stereocenters. The Bertz CT molecular complexity index is 802. The van der Waals surface area contributed by atoms with Crippen molar-refractivity contribution < 1.29 is 4.84 Å². The van der Waals surface area contributed by atoms with Crippen molar-refractivity contribution in [3.05, 3.63) is 57.0 Å². The lowest BCUT2D eigenvalue weighted by Gasteiger charge is -2.39. The van der Waals surface area contributed by atoms with E-state index < -0.39 is 0 Å². The van der Waals surface area contributed by atoms with E-state index in [4.69, 9.17) is 27.5 Å². The number of nitrogens with zero attached hydrogens (tertiary/aromatic N) is 3. The van der Waals surface area contributed by atoms with Crippen molar-refractivity contribution in [3.8, 4) is 11.8 Å². The van der Waals surface area contributed by atoms with Gasteiger partial charge >= 0.3 is 0 Å². The van der Waals surface area contributed by atoms with Gasteiger partial charge in [0.25, 0.3) is 0 Å². The molecule has 1 aliphatic heterocycles. The Labute approximate surface area is 165 Å². The fraction of sp³-hybridized carbons (Fsp3) is 0.235. The van der Waals surface area contributed by atoms with E-state index in [0.717, 1.165) is 15.7 Å². The second kappa shape index (κ2) is 8.22. The number of hydrogen-bond acceptors (Lipinski definition) is 7. The number of nitriles is 1. The molecule has 2 aromatic rings. The normalized spacial score (nSPS) is 18.3. The highest BCUT2D eigenvalue weighted by molar-refractivity contribution is 9.10. The van der Waals surface area contributed by atoms with E-state index in [-0.39, 0.29) is 6.29 Å². The van der Waals surface area contributed by atoms with Gasteiger partial charge in [-0.15, -0.1) is 5.06 Å². The molecule has 0 radical (unpaired) electrons. The van der Waals surface area contributed by atoms with Gasteiger partial charge in [0.2, 0.25) is 0 Å². The zero-order valence-corrected chi connectivity index (χ0v) is 16.4. The first-order valence-corrected chi connectivity index (χ1v) is 9.03. The molecule has 26 heavy (non-hydrogen) atoms. The van der Waals surface area contributed by atoms with Crippen molar-refractivity contribution in [2.24, 2.45) is 5.84 Å². The van der Waals surface area contributed by atoms with Crippen molar-refractivity contribution in [1.29, 1.82) is 5.26 Å². The number of aryl methyl sites for hydroxylation is 1. The monoisotopic (exact) mass is 436 g/mol. The molecular formula is C17H18BrClN6O. The zero-order valence-electron chi connectivity index (χ0n) is 14.0. The molecule has 1 fully saturated rings. The van der Waals surface area contributed by atoms with E-state index in [1.807, 2.05) is 25.1 Å². The quantitative estimate of drug-likeness (QED) is 0.634. The molecule has 0 spiro atoms. The van der Waals surface area contributed by atoms with Gasteiger partial charge < -0.3 is 10.2 Å². The van der Waals surface area contributed by atoms with Crippen molar-refractivity contribution >= 4 is 33.2 Å². The Morgan fingerprint density at radius 2 is 2.12 bits per heavy atom. The van der Waals surface area contributed by atoms with Crippen LogP contribution in [0.15, 0.2) is 40.9 Å². The van der Waals surface area contributed by atoms with Gasteiger partial charge in [-0.05, 0) is 48.9 Å². The molecule has 0 saturated carbocycles. The van der Waals surface area contributed by atoms with Crippen LogP contribution in [0.4, 0.5) is 5.69 Å². The number of hydrogen-bond donors (Lipinski definition) is 3. The molecule has 0 bridgehead atoms.